The fourth-order valence-electron chi connectivity index (χ4n) is 2.66. The Kier molecular flexibility index (Phi) is 5.01. The predicted octanol–water partition coefficient (Wildman–Crippen LogP) is 4.49. The monoisotopic (exact) mass is 399 g/mol. The molecule has 0 saturated heterocycles. The average Bonchev–Trinajstić information content (AvgIpc) is 2.97. The number of esters is 1. The molecule has 0 unspecified atom stereocenters. The summed E-state index contributed by atoms with van der Waals surface area (Å²) < 4.78 is 50.4. The second-order valence-corrected chi connectivity index (χ2v) is 6.04. The van der Waals surface area contributed by atoms with Gasteiger partial charge in [0, 0.05) is 17.1 Å². The Hall–Kier alpha value is -2.74. The maximum Gasteiger partial charge on any atom is 0.417 e. The van der Waals surface area contributed by atoms with Gasteiger partial charge in [-0.05, 0) is 19.1 Å². The number of fused-ring (bicyclic) bond motifs is 1. The molecule has 0 radical (unpaired) electrons. The van der Waals surface area contributed by atoms with Gasteiger partial charge in [-0.2, -0.15) is 13.2 Å². The quantitative estimate of drug-likeness (QED) is 0.606. The second-order valence-electron chi connectivity index (χ2n) is 5.63. The first-order valence-electron chi connectivity index (χ1n) is 7.87. The van der Waals surface area contributed by atoms with Crippen LogP contribution in [0.1, 0.15) is 28.6 Å². The van der Waals surface area contributed by atoms with Gasteiger partial charge in [-0.25, -0.2) is 4.79 Å². The summed E-state index contributed by atoms with van der Waals surface area (Å²) in [4.78, 5) is 24.4. The lowest BCUT2D eigenvalue weighted by molar-refractivity contribution is -0.138. The molecule has 0 amide bonds. The third-order valence-electron chi connectivity index (χ3n) is 3.86. The van der Waals surface area contributed by atoms with Gasteiger partial charge in [0.05, 0.1) is 18.7 Å². The number of benzene rings is 1. The highest BCUT2D eigenvalue weighted by Gasteiger charge is 2.32. The number of ether oxygens (including phenoxy) is 1. The van der Waals surface area contributed by atoms with Crippen LogP contribution in [0.15, 0.2) is 45.7 Å². The van der Waals surface area contributed by atoms with Crippen LogP contribution in [0.25, 0.3) is 11.0 Å². The van der Waals surface area contributed by atoms with E-state index in [1.165, 1.54) is 0 Å². The molecular weight excluding hydrogens is 387 g/mol. The Bertz CT molecular complexity index is 1070. The van der Waals surface area contributed by atoms with Crippen LogP contribution in [0.2, 0.25) is 5.02 Å². The van der Waals surface area contributed by atoms with Gasteiger partial charge >= 0.3 is 12.1 Å². The molecule has 0 bridgehead atoms. The van der Waals surface area contributed by atoms with Gasteiger partial charge in [0.25, 0.3) is 5.56 Å². The van der Waals surface area contributed by atoms with E-state index in [0.717, 1.165) is 4.57 Å². The normalized spacial score (nSPS) is 11.7. The topological polar surface area (TPSA) is 61.4 Å². The molecule has 0 saturated carbocycles. The Morgan fingerprint density at radius 3 is 2.67 bits per heavy atom. The Morgan fingerprint density at radius 2 is 2.00 bits per heavy atom. The van der Waals surface area contributed by atoms with E-state index in [0.29, 0.717) is 23.2 Å². The molecule has 0 aliphatic rings. The number of alkyl halides is 3. The van der Waals surface area contributed by atoms with Gasteiger partial charge in [-0.1, -0.05) is 29.8 Å². The molecule has 0 atom stereocenters. The van der Waals surface area contributed by atoms with Crippen molar-refractivity contribution in [3.8, 4) is 0 Å². The highest BCUT2D eigenvalue weighted by Crippen LogP contribution is 2.31. The number of halogens is 4. The number of nitrogens with zero attached hydrogens (tertiary/aromatic N) is 1. The number of pyridine rings is 1. The molecule has 5 nitrogen and oxygen atoms in total. The number of carbonyl (C=O) groups excluding carboxylic acids is 1. The van der Waals surface area contributed by atoms with Crippen molar-refractivity contribution in [3.05, 3.63) is 68.8 Å². The van der Waals surface area contributed by atoms with E-state index in [-0.39, 0.29) is 24.5 Å². The first kappa shape index (κ1) is 19.0. The standard InChI is InChI=1S/C18H13ClF3NO4/c1-2-26-17(25)15-12(11-5-3-4-6-14(11)27-15)9-23-8-10(18(20,21)22)7-13(19)16(23)24/h3-8H,2,9H2,1H3. The van der Waals surface area contributed by atoms with Crippen LogP contribution in [0, 0.1) is 0 Å². The lowest BCUT2D eigenvalue weighted by atomic mass is 10.1. The van der Waals surface area contributed by atoms with Crippen LogP contribution >= 0.6 is 11.6 Å². The van der Waals surface area contributed by atoms with E-state index in [9.17, 15) is 22.8 Å². The van der Waals surface area contributed by atoms with Crippen molar-refractivity contribution < 1.29 is 27.1 Å². The minimum atomic E-state index is -4.68. The van der Waals surface area contributed by atoms with E-state index in [1.54, 1.807) is 31.2 Å². The van der Waals surface area contributed by atoms with Gasteiger partial charge in [0.1, 0.15) is 10.6 Å². The first-order chi connectivity index (χ1) is 12.7. The molecule has 2 heterocycles. The molecule has 2 aromatic heterocycles. The van der Waals surface area contributed by atoms with Crippen LogP contribution < -0.4 is 5.56 Å². The largest absolute Gasteiger partial charge is 0.460 e. The molecule has 1 aromatic carbocycles. The van der Waals surface area contributed by atoms with Gasteiger partial charge < -0.3 is 13.7 Å². The summed E-state index contributed by atoms with van der Waals surface area (Å²) in [7, 11) is 0. The fourth-order valence-corrected chi connectivity index (χ4v) is 2.89. The van der Waals surface area contributed by atoms with E-state index >= 15 is 0 Å². The number of furan rings is 1. The molecule has 0 fully saturated rings. The molecule has 0 aliphatic carbocycles. The van der Waals surface area contributed by atoms with Crippen molar-refractivity contribution in [2.24, 2.45) is 0 Å². The van der Waals surface area contributed by atoms with Gasteiger partial charge in [-0.3, -0.25) is 4.79 Å². The zero-order valence-corrected chi connectivity index (χ0v) is 14.7. The number of hydrogen-bond donors (Lipinski definition) is 0. The van der Waals surface area contributed by atoms with Crippen LogP contribution in [0.3, 0.4) is 0 Å². The molecule has 142 valence electrons. The van der Waals surface area contributed by atoms with Crippen molar-refractivity contribution in [1.29, 1.82) is 0 Å². The Morgan fingerprint density at radius 1 is 1.30 bits per heavy atom. The number of rotatable bonds is 4. The van der Waals surface area contributed by atoms with Crippen LogP contribution in [-0.2, 0) is 17.5 Å². The third-order valence-corrected chi connectivity index (χ3v) is 4.13. The molecule has 0 N–H and O–H groups in total. The fraction of sp³-hybridized carbons (Fsp3) is 0.222. The number of hydrogen-bond acceptors (Lipinski definition) is 4. The van der Waals surface area contributed by atoms with Crippen molar-refractivity contribution in [2.45, 2.75) is 19.6 Å². The summed E-state index contributed by atoms with van der Waals surface area (Å²) in [5.74, 6) is -0.937. The molecule has 27 heavy (non-hydrogen) atoms. The highest BCUT2D eigenvalue weighted by atomic mass is 35.5. The van der Waals surface area contributed by atoms with Crippen molar-refractivity contribution in [1.82, 2.24) is 4.57 Å². The summed E-state index contributed by atoms with van der Waals surface area (Å²) in [6.45, 7) is 1.36. The van der Waals surface area contributed by atoms with Gasteiger partial charge in [-0.15, -0.1) is 0 Å². The molecule has 0 aliphatic heterocycles. The van der Waals surface area contributed by atoms with E-state index in [4.69, 9.17) is 20.8 Å². The maximum absolute atomic E-state index is 13.1. The summed E-state index contributed by atoms with van der Waals surface area (Å²) >= 11 is 5.69. The average molecular weight is 400 g/mol. The Balaban J connectivity index is 2.17. The van der Waals surface area contributed by atoms with E-state index < -0.39 is 28.3 Å². The minimum absolute atomic E-state index is 0.0880. The van der Waals surface area contributed by atoms with E-state index in [2.05, 4.69) is 0 Å². The van der Waals surface area contributed by atoms with Crippen molar-refractivity contribution in [3.63, 3.8) is 0 Å². The number of para-hydroxylation sites is 1. The van der Waals surface area contributed by atoms with Crippen LogP contribution in [0.4, 0.5) is 13.2 Å². The zero-order chi connectivity index (χ0) is 19.8. The lowest BCUT2D eigenvalue weighted by Gasteiger charge is -2.12. The smallest absolute Gasteiger partial charge is 0.417 e. The van der Waals surface area contributed by atoms with Crippen LogP contribution in [-0.4, -0.2) is 17.1 Å². The summed E-state index contributed by atoms with van der Waals surface area (Å²) in [6, 6.07) is 7.16. The Labute approximate surface area is 155 Å². The molecule has 9 heteroatoms. The summed E-state index contributed by atoms with van der Waals surface area (Å²) in [6.07, 6.45) is -4.02. The third kappa shape index (κ3) is 3.71. The highest BCUT2D eigenvalue weighted by molar-refractivity contribution is 6.30. The molecule has 0 spiro atoms. The first-order valence-corrected chi connectivity index (χ1v) is 8.25. The van der Waals surface area contributed by atoms with Crippen molar-refractivity contribution in [2.75, 3.05) is 6.61 Å². The molecular formula is C18H13ClF3NO4. The lowest BCUT2D eigenvalue weighted by Crippen LogP contribution is -2.24. The minimum Gasteiger partial charge on any atom is -0.460 e. The van der Waals surface area contributed by atoms with Crippen molar-refractivity contribution >= 4 is 28.5 Å². The SMILES string of the molecule is CCOC(=O)c1oc2ccccc2c1Cn1cc(C(F)(F)F)cc(Cl)c1=O. The second kappa shape index (κ2) is 7.11. The number of carbonyl (C=O) groups is 1. The number of aromatic nitrogens is 1. The maximum atomic E-state index is 13.1. The molecule has 3 aromatic rings. The van der Waals surface area contributed by atoms with E-state index in [1.807, 2.05) is 0 Å². The summed E-state index contributed by atoms with van der Waals surface area (Å²) in [5.41, 5.74) is -1.30. The summed E-state index contributed by atoms with van der Waals surface area (Å²) in [5, 5.41) is -0.0868. The van der Waals surface area contributed by atoms with Crippen LogP contribution in [0.5, 0.6) is 0 Å². The molecule has 3 rings (SSSR count). The zero-order valence-electron chi connectivity index (χ0n) is 14.0. The predicted molar refractivity (Wildman–Crippen MR) is 92.0 cm³/mol. The van der Waals surface area contributed by atoms with Gasteiger partial charge in [0.2, 0.25) is 5.76 Å². The van der Waals surface area contributed by atoms with Gasteiger partial charge in [0.15, 0.2) is 0 Å².